The second-order valence-electron chi connectivity index (χ2n) is 7.25. The van der Waals surface area contributed by atoms with Crippen molar-refractivity contribution in [3.05, 3.63) is 86.3 Å². The lowest BCUT2D eigenvalue weighted by molar-refractivity contribution is -0.136. The number of nitrogens with one attached hydrogen (secondary N) is 1. The fourth-order valence-electron chi connectivity index (χ4n) is 3.24. The molecule has 172 valence electrons. The topological polar surface area (TPSA) is 81.4 Å². The molecule has 7 nitrogen and oxygen atoms in total. The van der Waals surface area contributed by atoms with Gasteiger partial charge < -0.3 is 0 Å². The minimum atomic E-state index is -4.42. The number of hydrogen-bond donors (Lipinski definition) is 1. The number of aromatic nitrogens is 6. The molecule has 0 atom stereocenters. The van der Waals surface area contributed by atoms with Crippen molar-refractivity contribution in [1.29, 1.82) is 0 Å². The van der Waals surface area contributed by atoms with E-state index in [1.54, 1.807) is 30.3 Å². The molecule has 0 amide bonds. The second kappa shape index (κ2) is 9.40. The number of nitrogens with zero attached hydrogens (tertiary/aromatic N) is 5. The fraction of sp³-hybridized carbons (Fsp3) is 0.238. The first-order chi connectivity index (χ1) is 15.7. The number of alkyl halides is 3. The van der Waals surface area contributed by atoms with Gasteiger partial charge in [-0.2, -0.15) is 18.3 Å². The largest absolute Gasteiger partial charge is 0.390 e. The van der Waals surface area contributed by atoms with Crippen LogP contribution in [0.4, 0.5) is 13.2 Å². The van der Waals surface area contributed by atoms with Gasteiger partial charge in [0.2, 0.25) is 0 Å². The number of benzene rings is 2. The Hall–Kier alpha value is -3.11. The molecule has 0 aliphatic heterocycles. The van der Waals surface area contributed by atoms with Gasteiger partial charge in [0.15, 0.2) is 11.6 Å². The lowest BCUT2D eigenvalue weighted by Crippen LogP contribution is -2.27. The first-order valence-electron chi connectivity index (χ1n) is 9.83. The van der Waals surface area contributed by atoms with Crippen molar-refractivity contribution < 1.29 is 13.2 Å². The maximum Gasteiger partial charge on any atom is 0.390 e. The van der Waals surface area contributed by atoms with Gasteiger partial charge in [-0.05, 0) is 35.9 Å². The third-order valence-electron chi connectivity index (χ3n) is 4.83. The first-order valence-corrected chi connectivity index (χ1v) is 10.6. The molecule has 0 radical (unpaired) electrons. The van der Waals surface area contributed by atoms with Gasteiger partial charge in [-0.3, -0.25) is 9.67 Å². The summed E-state index contributed by atoms with van der Waals surface area (Å²) in [6, 6.07) is 13.6. The SMILES string of the molecule is O=c1n(Cc2nc(Cc3ccccc3Cl)n[nH]2)nc(-c2ccc(Cl)cc2)n1CCC(F)(F)F. The number of aromatic amines is 1. The average molecular weight is 497 g/mol. The van der Waals surface area contributed by atoms with Crippen molar-refractivity contribution in [2.24, 2.45) is 0 Å². The van der Waals surface area contributed by atoms with Crippen LogP contribution in [0.1, 0.15) is 23.6 Å². The van der Waals surface area contributed by atoms with Crippen LogP contribution in [0.25, 0.3) is 11.4 Å². The summed E-state index contributed by atoms with van der Waals surface area (Å²) >= 11 is 12.1. The highest BCUT2D eigenvalue weighted by Gasteiger charge is 2.28. The minimum absolute atomic E-state index is 0.0893. The van der Waals surface area contributed by atoms with Crippen LogP contribution in [0.5, 0.6) is 0 Å². The number of hydrogen-bond acceptors (Lipinski definition) is 4. The van der Waals surface area contributed by atoms with E-state index in [1.807, 2.05) is 18.2 Å². The maximum atomic E-state index is 12.9. The molecule has 0 unspecified atom stereocenters. The normalized spacial score (nSPS) is 11.8. The Bertz CT molecular complexity index is 1310. The van der Waals surface area contributed by atoms with Crippen molar-refractivity contribution in [2.75, 3.05) is 0 Å². The molecule has 2 aromatic carbocycles. The number of rotatable bonds is 7. The van der Waals surface area contributed by atoms with E-state index in [-0.39, 0.29) is 12.4 Å². The summed E-state index contributed by atoms with van der Waals surface area (Å²) in [4.78, 5) is 17.2. The summed E-state index contributed by atoms with van der Waals surface area (Å²) in [7, 11) is 0. The Morgan fingerprint density at radius 2 is 1.76 bits per heavy atom. The van der Waals surface area contributed by atoms with Crippen molar-refractivity contribution in [1.82, 2.24) is 29.5 Å². The Kier molecular flexibility index (Phi) is 6.57. The quantitative estimate of drug-likeness (QED) is 0.401. The molecule has 0 spiro atoms. The molecular weight excluding hydrogens is 480 g/mol. The van der Waals surface area contributed by atoms with E-state index in [0.29, 0.717) is 33.7 Å². The molecule has 12 heteroatoms. The predicted octanol–water partition coefficient (Wildman–Crippen LogP) is 4.73. The molecule has 33 heavy (non-hydrogen) atoms. The smallest absolute Gasteiger partial charge is 0.275 e. The summed E-state index contributed by atoms with van der Waals surface area (Å²) in [5, 5.41) is 12.2. The monoisotopic (exact) mass is 496 g/mol. The molecule has 0 aliphatic carbocycles. The van der Waals surface area contributed by atoms with Crippen LogP contribution in [0.15, 0.2) is 53.3 Å². The molecule has 0 aliphatic rings. The number of H-pyrrole nitrogens is 1. The molecule has 0 fully saturated rings. The molecular formula is C21H17Cl2F3N6O. The van der Waals surface area contributed by atoms with Crippen LogP contribution in [0, 0.1) is 0 Å². The molecule has 0 saturated heterocycles. The van der Waals surface area contributed by atoms with Crippen molar-refractivity contribution in [3.8, 4) is 11.4 Å². The summed E-state index contributed by atoms with van der Waals surface area (Å²) < 4.78 is 40.5. The standard InChI is InChI=1S/C21H17Cl2F3N6O/c22-15-7-5-13(6-8-15)19-30-32(20(33)31(19)10-9-21(24,25)26)12-18-27-17(28-29-18)11-14-3-1-2-4-16(14)23/h1-8H,9-12H2,(H,27,28,29). The Morgan fingerprint density at radius 1 is 1.03 bits per heavy atom. The molecule has 4 aromatic rings. The Morgan fingerprint density at radius 3 is 2.45 bits per heavy atom. The van der Waals surface area contributed by atoms with Gasteiger partial charge in [-0.25, -0.2) is 14.5 Å². The van der Waals surface area contributed by atoms with Gasteiger partial charge in [0, 0.05) is 28.6 Å². The van der Waals surface area contributed by atoms with E-state index < -0.39 is 24.8 Å². The summed E-state index contributed by atoms with van der Waals surface area (Å²) in [5.41, 5.74) is 0.617. The summed E-state index contributed by atoms with van der Waals surface area (Å²) in [6.07, 6.45) is -5.21. The van der Waals surface area contributed by atoms with E-state index >= 15 is 0 Å². The Balaban J connectivity index is 1.61. The molecule has 1 N–H and O–H groups in total. The van der Waals surface area contributed by atoms with Crippen molar-refractivity contribution in [3.63, 3.8) is 0 Å². The lowest BCUT2D eigenvalue weighted by Gasteiger charge is -2.08. The van der Waals surface area contributed by atoms with E-state index in [4.69, 9.17) is 23.2 Å². The number of halogens is 5. The van der Waals surface area contributed by atoms with E-state index in [9.17, 15) is 18.0 Å². The Labute approximate surface area is 195 Å². The first kappa shape index (κ1) is 23.1. The average Bonchev–Trinajstić information content (AvgIpc) is 3.33. The highest BCUT2D eigenvalue weighted by molar-refractivity contribution is 6.31. The van der Waals surface area contributed by atoms with Gasteiger partial charge in [-0.1, -0.05) is 41.4 Å². The van der Waals surface area contributed by atoms with Gasteiger partial charge >= 0.3 is 11.9 Å². The third kappa shape index (κ3) is 5.63. The van der Waals surface area contributed by atoms with Gasteiger partial charge in [0.25, 0.3) is 0 Å². The molecule has 0 saturated carbocycles. The third-order valence-corrected chi connectivity index (χ3v) is 5.45. The van der Waals surface area contributed by atoms with Crippen LogP contribution in [-0.2, 0) is 19.5 Å². The lowest BCUT2D eigenvalue weighted by atomic mass is 10.1. The highest BCUT2D eigenvalue weighted by atomic mass is 35.5. The van der Waals surface area contributed by atoms with Crippen LogP contribution in [0.3, 0.4) is 0 Å². The summed E-state index contributed by atoms with van der Waals surface area (Å²) in [6.45, 7) is -0.650. The fourth-order valence-corrected chi connectivity index (χ4v) is 3.56. The van der Waals surface area contributed by atoms with Crippen LogP contribution in [-0.4, -0.2) is 35.7 Å². The van der Waals surface area contributed by atoms with Gasteiger partial charge in [0.1, 0.15) is 12.4 Å². The molecule has 4 rings (SSSR count). The highest BCUT2D eigenvalue weighted by Crippen LogP contribution is 2.23. The van der Waals surface area contributed by atoms with Crippen LogP contribution < -0.4 is 5.69 Å². The minimum Gasteiger partial charge on any atom is -0.275 e. The zero-order chi connectivity index (χ0) is 23.6. The van der Waals surface area contributed by atoms with Crippen molar-refractivity contribution >= 4 is 23.2 Å². The van der Waals surface area contributed by atoms with E-state index in [1.165, 1.54) is 0 Å². The van der Waals surface area contributed by atoms with Gasteiger partial charge in [-0.15, -0.1) is 5.10 Å². The van der Waals surface area contributed by atoms with Crippen molar-refractivity contribution in [2.45, 2.75) is 32.1 Å². The molecule has 2 aromatic heterocycles. The maximum absolute atomic E-state index is 12.9. The van der Waals surface area contributed by atoms with Crippen LogP contribution >= 0.6 is 23.2 Å². The van der Waals surface area contributed by atoms with E-state index in [0.717, 1.165) is 14.8 Å². The zero-order valence-corrected chi connectivity index (χ0v) is 18.5. The van der Waals surface area contributed by atoms with E-state index in [2.05, 4.69) is 20.3 Å². The summed E-state index contributed by atoms with van der Waals surface area (Å²) in [5.74, 6) is 0.902. The zero-order valence-electron chi connectivity index (χ0n) is 17.0. The predicted molar refractivity (Wildman–Crippen MR) is 117 cm³/mol. The second-order valence-corrected chi connectivity index (χ2v) is 8.10. The molecule has 0 bridgehead atoms. The van der Waals surface area contributed by atoms with Gasteiger partial charge in [0.05, 0.1) is 6.42 Å². The van der Waals surface area contributed by atoms with Crippen LogP contribution in [0.2, 0.25) is 10.0 Å². The molecule has 2 heterocycles.